The third-order valence-corrected chi connectivity index (χ3v) is 4.15. The van der Waals surface area contributed by atoms with Crippen molar-refractivity contribution in [3.05, 3.63) is 22.7 Å². The van der Waals surface area contributed by atoms with Crippen LogP contribution in [-0.4, -0.2) is 21.0 Å². The Morgan fingerprint density at radius 2 is 2.05 bits per heavy atom. The van der Waals surface area contributed by atoms with Crippen molar-refractivity contribution in [2.45, 2.75) is 25.2 Å². The van der Waals surface area contributed by atoms with E-state index in [9.17, 15) is 13.2 Å². The molecule has 0 aliphatic rings. The van der Waals surface area contributed by atoms with E-state index < -0.39 is 16.1 Å². The Balaban J connectivity index is 3.01. The van der Waals surface area contributed by atoms with Gasteiger partial charge in [0, 0.05) is 6.54 Å². The van der Waals surface area contributed by atoms with Crippen LogP contribution in [0.2, 0.25) is 5.02 Å². The molecule has 0 unspecified atom stereocenters. The van der Waals surface area contributed by atoms with Crippen LogP contribution in [0.15, 0.2) is 17.0 Å². The number of nitrogen functional groups attached to an aromatic ring is 1. The second kappa shape index (κ2) is 6.12. The molecule has 0 fully saturated rings. The van der Waals surface area contributed by atoms with Crippen LogP contribution >= 0.6 is 11.6 Å². The molecule has 19 heavy (non-hydrogen) atoms. The maximum absolute atomic E-state index is 12.0. The molecule has 0 atom stereocenters. The van der Waals surface area contributed by atoms with Gasteiger partial charge >= 0.3 is 6.03 Å². The molecule has 8 heteroatoms. The number of nitrogens with two attached hydrogens (primary N) is 1. The summed E-state index contributed by atoms with van der Waals surface area (Å²) >= 11 is 5.79. The lowest BCUT2D eigenvalue weighted by atomic mass is 10.2. The highest BCUT2D eigenvalue weighted by Crippen LogP contribution is 2.25. The van der Waals surface area contributed by atoms with Gasteiger partial charge in [0.15, 0.2) is 0 Å². The summed E-state index contributed by atoms with van der Waals surface area (Å²) in [6, 6.07) is 1.90. The average molecular weight is 306 g/mol. The number of carbonyl (C=O) groups excluding carboxylic acids is 1. The zero-order valence-corrected chi connectivity index (χ0v) is 12.2. The number of benzene rings is 1. The van der Waals surface area contributed by atoms with E-state index in [1.54, 1.807) is 6.92 Å². The van der Waals surface area contributed by atoms with E-state index in [0.29, 0.717) is 18.5 Å². The molecule has 0 aromatic heterocycles. The minimum Gasteiger partial charge on any atom is -0.397 e. The highest BCUT2D eigenvalue weighted by Gasteiger charge is 2.20. The van der Waals surface area contributed by atoms with Crippen molar-refractivity contribution in [3.63, 3.8) is 0 Å². The Labute approximate surface area is 117 Å². The molecule has 106 valence electrons. The Kier molecular flexibility index (Phi) is 5.02. The summed E-state index contributed by atoms with van der Waals surface area (Å²) in [6.45, 7) is 3.83. The van der Waals surface area contributed by atoms with Gasteiger partial charge in [0.2, 0.25) is 0 Å². The molecule has 0 aliphatic heterocycles. The minimum atomic E-state index is -3.96. The molecule has 0 spiro atoms. The van der Waals surface area contributed by atoms with Gasteiger partial charge in [0.05, 0.1) is 15.6 Å². The largest absolute Gasteiger partial charge is 0.397 e. The third kappa shape index (κ3) is 4.00. The monoisotopic (exact) mass is 305 g/mol. The number of sulfonamides is 1. The second-order valence-corrected chi connectivity index (χ2v) is 6.06. The number of carbonyl (C=O) groups is 1. The van der Waals surface area contributed by atoms with Crippen molar-refractivity contribution in [1.29, 1.82) is 0 Å². The predicted molar refractivity (Wildman–Crippen MR) is 74.6 cm³/mol. The van der Waals surface area contributed by atoms with E-state index in [1.807, 2.05) is 11.6 Å². The third-order valence-electron chi connectivity index (χ3n) is 2.35. The minimum absolute atomic E-state index is 0.0685. The summed E-state index contributed by atoms with van der Waals surface area (Å²) in [7, 11) is -3.96. The van der Waals surface area contributed by atoms with Gasteiger partial charge in [-0.3, -0.25) is 0 Å². The van der Waals surface area contributed by atoms with Crippen LogP contribution in [0.1, 0.15) is 18.9 Å². The molecule has 0 saturated heterocycles. The first-order valence-corrected chi connectivity index (χ1v) is 7.50. The van der Waals surface area contributed by atoms with E-state index in [-0.39, 0.29) is 15.6 Å². The van der Waals surface area contributed by atoms with Gasteiger partial charge in [0.1, 0.15) is 0 Å². The number of hydrogen-bond acceptors (Lipinski definition) is 4. The van der Waals surface area contributed by atoms with Gasteiger partial charge in [-0.05, 0) is 31.0 Å². The highest BCUT2D eigenvalue weighted by atomic mass is 35.5. The van der Waals surface area contributed by atoms with Crippen LogP contribution in [0.25, 0.3) is 0 Å². The molecule has 0 saturated carbocycles. The van der Waals surface area contributed by atoms with Gasteiger partial charge < -0.3 is 11.1 Å². The maximum atomic E-state index is 12.0. The zero-order valence-electron chi connectivity index (χ0n) is 10.7. The lowest BCUT2D eigenvalue weighted by molar-refractivity contribution is 0.246. The first-order valence-electron chi connectivity index (χ1n) is 5.64. The first kappa shape index (κ1) is 15.6. The Morgan fingerprint density at radius 3 is 2.63 bits per heavy atom. The average Bonchev–Trinajstić information content (AvgIpc) is 2.30. The van der Waals surface area contributed by atoms with E-state index in [4.69, 9.17) is 17.3 Å². The SMILES string of the molecule is CCCNC(=O)NS(=O)(=O)c1cc(N)c(Cl)cc1C. The summed E-state index contributed by atoms with van der Waals surface area (Å²) < 4.78 is 26.0. The van der Waals surface area contributed by atoms with Crippen molar-refractivity contribution in [2.75, 3.05) is 12.3 Å². The second-order valence-electron chi connectivity index (χ2n) is 4.00. The van der Waals surface area contributed by atoms with Crippen LogP contribution in [0.4, 0.5) is 10.5 Å². The summed E-state index contributed by atoms with van der Waals surface area (Å²) in [5.41, 5.74) is 6.12. The smallest absolute Gasteiger partial charge is 0.328 e. The molecule has 6 nitrogen and oxygen atoms in total. The van der Waals surface area contributed by atoms with E-state index in [2.05, 4.69) is 5.32 Å². The number of urea groups is 1. The molecule has 2 amide bonds. The van der Waals surface area contributed by atoms with Crippen molar-refractivity contribution >= 4 is 33.3 Å². The number of rotatable bonds is 4. The van der Waals surface area contributed by atoms with Crippen LogP contribution in [0.3, 0.4) is 0 Å². The summed E-state index contributed by atoms with van der Waals surface area (Å²) in [6.07, 6.45) is 0.709. The molecule has 0 bridgehead atoms. The molecular weight excluding hydrogens is 290 g/mol. The first-order chi connectivity index (χ1) is 8.77. The molecule has 0 heterocycles. The van der Waals surface area contributed by atoms with Crippen LogP contribution in [0, 0.1) is 6.92 Å². The Morgan fingerprint density at radius 1 is 1.42 bits per heavy atom. The summed E-state index contributed by atoms with van der Waals surface area (Å²) in [5, 5.41) is 2.69. The van der Waals surface area contributed by atoms with Crippen LogP contribution < -0.4 is 15.8 Å². The molecule has 0 radical (unpaired) electrons. The number of nitrogens with one attached hydrogen (secondary N) is 2. The summed E-state index contributed by atoms with van der Waals surface area (Å²) in [5.74, 6) is 0. The van der Waals surface area contributed by atoms with E-state index in [1.165, 1.54) is 12.1 Å². The Bertz CT molecular complexity index is 587. The molecule has 1 aromatic carbocycles. The van der Waals surface area contributed by atoms with Crippen LogP contribution in [-0.2, 0) is 10.0 Å². The van der Waals surface area contributed by atoms with E-state index in [0.717, 1.165) is 0 Å². The zero-order chi connectivity index (χ0) is 14.6. The number of hydrogen-bond donors (Lipinski definition) is 3. The maximum Gasteiger partial charge on any atom is 0.328 e. The number of aryl methyl sites for hydroxylation is 1. The molecular formula is C11H16ClN3O3S. The van der Waals surface area contributed by atoms with Gasteiger partial charge in [-0.2, -0.15) is 0 Å². The van der Waals surface area contributed by atoms with Crippen molar-refractivity contribution in [1.82, 2.24) is 10.0 Å². The molecule has 0 aliphatic carbocycles. The molecule has 1 rings (SSSR count). The van der Waals surface area contributed by atoms with Gasteiger partial charge in [0.25, 0.3) is 10.0 Å². The number of amides is 2. The highest BCUT2D eigenvalue weighted by molar-refractivity contribution is 7.90. The van der Waals surface area contributed by atoms with Gasteiger partial charge in [-0.15, -0.1) is 0 Å². The number of halogens is 1. The fourth-order valence-corrected chi connectivity index (χ4v) is 2.82. The Hall–Kier alpha value is -1.47. The van der Waals surface area contributed by atoms with Gasteiger partial charge in [-0.25, -0.2) is 17.9 Å². The lowest BCUT2D eigenvalue weighted by Gasteiger charge is -2.11. The normalized spacial score (nSPS) is 11.1. The van der Waals surface area contributed by atoms with Crippen molar-refractivity contribution in [3.8, 4) is 0 Å². The predicted octanol–water partition coefficient (Wildman–Crippen LogP) is 1.63. The molecule has 4 N–H and O–H groups in total. The fraction of sp³-hybridized carbons (Fsp3) is 0.364. The van der Waals surface area contributed by atoms with E-state index >= 15 is 0 Å². The fourth-order valence-electron chi connectivity index (χ4n) is 1.41. The quantitative estimate of drug-likeness (QED) is 0.736. The van der Waals surface area contributed by atoms with Gasteiger partial charge in [-0.1, -0.05) is 18.5 Å². The topological polar surface area (TPSA) is 101 Å². The van der Waals surface area contributed by atoms with Crippen molar-refractivity contribution in [2.24, 2.45) is 0 Å². The number of anilines is 1. The van der Waals surface area contributed by atoms with Crippen LogP contribution in [0.5, 0.6) is 0 Å². The standard InChI is InChI=1S/C11H16ClN3O3S/c1-3-4-14-11(16)15-19(17,18)10-6-9(13)8(12)5-7(10)2/h5-6H,3-4,13H2,1-2H3,(H2,14,15,16). The summed E-state index contributed by atoms with van der Waals surface area (Å²) in [4.78, 5) is 11.3. The lowest BCUT2D eigenvalue weighted by Crippen LogP contribution is -2.39. The molecule has 1 aromatic rings. The van der Waals surface area contributed by atoms with Crippen molar-refractivity contribution < 1.29 is 13.2 Å².